The van der Waals surface area contributed by atoms with Gasteiger partial charge in [-0.05, 0) is 40.0 Å². The monoisotopic (exact) mass is 209 g/mol. The highest BCUT2D eigenvalue weighted by molar-refractivity contribution is 5.92. The molecule has 15 heavy (non-hydrogen) atoms. The first kappa shape index (κ1) is 13.9. The third-order valence-corrected chi connectivity index (χ3v) is 2.26. The molecule has 2 nitrogen and oxygen atoms in total. The van der Waals surface area contributed by atoms with Crippen LogP contribution in [0.3, 0.4) is 0 Å². The van der Waals surface area contributed by atoms with Crippen molar-refractivity contribution in [2.24, 2.45) is 0 Å². The molecule has 0 bridgehead atoms. The van der Waals surface area contributed by atoms with Crippen LogP contribution in [0.25, 0.3) is 0 Å². The van der Waals surface area contributed by atoms with Crippen LogP contribution < -0.4 is 5.32 Å². The molecule has 0 spiro atoms. The third-order valence-electron chi connectivity index (χ3n) is 2.26. The maximum absolute atomic E-state index is 11.3. The topological polar surface area (TPSA) is 29.1 Å². The van der Waals surface area contributed by atoms with Crippen LogP contribution in [-0.4, -0.2) is 11.9 Å². The number of allylic oxidation sites excluding steroid dienone is 1. The molecule has 86 valence electrons. The lowest BCUT2D eigenvalue weighted by Gasteiger charge is -2.13. The Balaban J connectivity index is 3.57. The SMILES string of the molecule is C=C(C)CCCCC(C)NC(=O)C(=C)C. The smallest absolute Gasteiger partial charge is 0.246 e. The summed E-state index contributed by atoms with van der Waals surface area (Å²) in [7, 11) is 0. The van der Waals surface area contributed by atoms with E-state index < -0.39 is 0 Å². The number of carbonyl (C=O) groups is 1. The molecule has 0 saturated carbocycles. The molecule has 0 rings (SSSR count). The molecule has 0 heterocycles. The molecule has 0 aliphatic rings. The van der Waals surface area contributed by atoms with E-state index in [1.54, 1.807) is 6.92 Å². The lowest BCUT2D eigenvalue weighted by Crippen LogP contribution is -2.32. The molecule has 0 aromatic rings. The minimum absolute atomic E-state index is 0.0394. The Hall–Kier alpha value is -1.05. The van der Waals surface area contributed by atoms with Gasteiger partial charge in [0.25, 0.3) is 0 Å². The van der Waals surface area contributed by atoms with Gasteiger partial charge in [0.1, 0.15) is 0 Å². The van der Waals surface area contributed by atoms with Crippen LogP contribution in [0.2, 0.25) is 0 Å². The van der Waals surface area contributed by atoms with Crippen LogP contribution in [-0.2, 0) is 4.79 Å². The highest BCUT2D eigenvalue weighted by Gasteiger charge is 2.06. The summed E-state index contributed by atoms with van der Waals surface area (Å²) in [6.07, 6.45) is 4.39. The van der Waals surface area contributed by atoms with Gasteiger partial charge in [-0.25, -0.2) is 0 Å². The number of rotatable bonds is 7. The molecule has 1 N–H and O–H groups in total. The van der Waals surface area contributed by atoms with Gasteiger partial charge in [0.05, 0.1) is 0 Å². The largest absolute Gasteiger partial charge is 0.350 e. The Bertz CT molecular complexity index is 243. The van der Waals surface area contributed by atoms with Gasteiger partial charge in [0.15, 0.2) is 0 Å². The quantitative estimate of drug-likeness (QED) is 0.389. The van der Waals surface area contributed by atoms with Crippen LogP contribution in [0.5, 0.6) is 0 Å². The average molecular weight is 209 g/mol. The minimum atomic E-state index is -0.0394. The zero-order valence-corrected chi connectivity index (χ0v) is 10.2. The number of hydrogen-bond donors (Lipinski definition) is 1. The highest BCUT2D eigenvalue weighted by atomic mass is 16.1. The second-order valence-electron chi connectivity index (χ2n) is 4.36. The molecule has 0 radical (unpaired) electrons. The van der Waals surface area contributed by atoms with Gasteiger partial charge in [-0.2, -0.15) is 0 Å². The van der Waals surface area contributed by atoms with Gasteiger partial charge in [-0.3, -0.25) is 4.79 Å². The molecular formula is C13H23NO. The van der Waals surface area contributed by atoms with Crippen molar-refractivity contribution in [2.75, 3.05) is 0 Å². The van der Waals surface area contributed by atoms with E-state index in [0.29, 0.717) is 5.57 Å². The molecule has 0 aliphatic carbocycles. The Morgan fingerprint density at radius 3 is 2.33 bits per heavy atom. The van der Waals surface area contributed by atoms with E-state index in [0.717, 1.165) is 25.7 Å². The fraction of sp³-hybridized carbons (Fsp3) is 0.615. The molecular weight excluding hydrogens is 186 g/mol. The van der Waals surface area contributed by atoms with Crippen molar-refractivity contribution in [2.45, 2.75) is 52.5 Å². The molecule has 1 amide bonds. The Labute approximate surface area is 93.5 Å². The number of amides is 1. The van der Waals surface area contributed by atoms with E-state index >= 15 is 0 Å². The molecule has 2 heteroatoms. The Morgan fingerprint density at radius 2 is 1.87 bits per heavy atom. The molecule has 1 unspecified atom stereocenters. The molecule has 0 saturated heterocycles. The van der Waals surface area contributed by atoms with Crippen molar-refractivity contribution in [3.05, 3.63) is 24.3 Å². The molecule has 1 atom stereocenters. The zero-order chi connectivity index (χ0) is 11.8. The third kappa shape index (κ3) is 7.98. The lowest BCUT2D eigenvalue weighted by atomic mass is 10.1. The van der Waals surface area contributed by atoms with Crippen LogP contribution in [0, 0.1) is 0 Å². The van der Waals surface area contributed by atoms with Crippen molar-refractivity contribution in [1.82, 2.24) is 5.32 Å². The second-order valence-corrected chi connectivity index (χ2v) is 4.36. The van der Waals surface area contributed by atoms with E-state index in [9.17, 15) is 4.79 Å². The normalized spacial score (nSPS) is 11.9. The summed E-state index contributed by atoms with van der Waals surface area (Å²) in [5.41, 5.74) is 1.80. The van der Waals surface area contributed by atoms with Gasteiger partial charge in [-0.1, -0.05) is 18.6 Å². The van der Waals surface area contributed by atoms with E-state index in [2.05, 4.69) is 18.5 Å². The number of carbonyl (C=O) groups excluding carboxylic acids is 1. The first-order valence-corrected chi connectivity index (χ1v) is 5.54. The summed E-state index contributed by atoms with van der Waals surface area (Å²) >= 11 is 0. The van der Waals surface area contributed by atoms with Gasteiger partial charge in [-0.15, -0.1) is 6.58 Å². The van der Waals surface area contributed by atoms with Crippen molar-refractivity contribution in [3.63, 3.8) is 0 Å². The van der Waals surface area contributed by atoms with E-state index in [4.69, 9.17) is 0 Å². The summed E-state index contributed by atoms with van der Waals surface area (Å²) in [6.45, 7) is 13.3. The summed E-state index contributed by atoms with van der Waals surface area (Å²) in [4.78, 5) is 11.3. The number of unbranched alkanes of at least 4 members (excludes halogenated alkanes) is 1. The maximum atomic E-state index is 11.3. The van der Waals surface area contributed by atoms with Gasteiger partial charge >= 0.3 is 0 Å². The first-order chi connectivity index (χ1) is 6.93. The van der Waals surface area contributed by atoms with Gasteiger partial charge < -0.3 is 5.32 Å². The number of nitrogens with one attached hydrogen (secondary N) is 1. The van der Waals surface area contributed by atoms with E-state index in [-0.39, 0.29) is 11.9 Å². The average Bonchev–Trinajstić information content (AvgIpc) is 2.12. The fourth-order valence-corrected chi connectivity index (χ4v) is 1.30. The first-order valence-electron chi connectivity index (χ1n) is 5.54. The Morgan fingerprint density at radius 1 is 1.27 bits per heavy atom. The summed E-state index contributed by atoms with van der Waals surface area (Å²) in [6, 6.07) is 0.235. The van der Waals surface area contributed by atoms with Crippen LogP contribution in [0.1, 0.15) is 46.5 Å². The molecule has 0 fully saturated rings. The Kier molecular flexibility index (Phi) is 6.76. The minimum Gasteiger partial charge on any atom is -0.350 e. The van der Waals surface area contributed by atoms with Crippen molar-refractivity contribution in [1.29, 1.82) is 0 Å². The summed E-state index contributed by atoms with van der Waals surface area (Å²) in [5.74, 6) is -0.0394. The van der Waals surface area contributed by atoms with Crippen LogP contribution >= 0.6 is 0 Å². The van der Waals surface area contributed by atoms with Gasteiger partial charge in [0, 0.05) is 11.6 Å². The predicted octanol–water partition coefficient (Wildman–Crippen LogP) is 3.20. The standard InChI is InChI=1S/C13H23NO/c1-10(2)8-6-7-9-12(5)14-13(15)11(3)4/h12H,1,3,6-9H2,2,4-5H3,(H,14,15). The molecule has 0 aromatic carbocycles. The summed E-state index contributed by atoms with van der Waals surface area (Å²) < 4.78 is 0. The van der Waals surface area contributed by atoms with Crippen molar-refractivity contribution in [3.8, 4) is 0 Å². The van der Waals surface area contributed by atoms with Crippen LogP contribution in [0.15, 0.2) is 24.3 Å². The van der Waals surface area contributed by atoms with Crippen molar-refractivity contribution < 1.29 is 4.79 Å². The lowest BCUT2D eigenvalue weighted by molar-refractivity contribution is -0.118. The van der Waals surface area contributed by atoms with E-state index in [1.807, 2.05) is 13.8 Å². The van der Waals surface area contributed by atoms with Crippen molar-refractivity contribution >= 4 is 5.91 Å². The molecule has 0 aliphatic heterocycles. The molecule has 0 aromatic heterocycles. The number of hydrogen-bond acceptors (Lipinski definition) is 1. The second kappa shape index (κ2) is 7.27. The predicted molar refractivity (Wildman–Crippen MR) is 65.7 cm³/mol. The zero-order valence-electron chi connectivity index (χ0n) is 10.2. The maximum Gasteiger partial charge on any atom is 0.246 e. The summed E-state index contributed by atoms with van der Waals surface area (Å²) in [5, 5.41) is 2.91. The van der Waals surface area contributed by atoms with Gasteiger partial charge in [0.2, 0.25) is 5.91 Å². The van der Waals surface area contributed by atoms with E-state index in [1.165, 1.54) is 5.57 Å². The van der Waals surface area contributed by atoms with Crippen LogP contribution in [0.4, 0.5) is 0 Å². The highest BCUT2D eigenvalue weighted by Crippen LogP contribution is 2.08. The fourth-order valence-electron chi connectivity index (χ4n) is 1.30.